The van der Waals surface area contributed by atoms with Crippen molar-refractivity contribution in [3.8, 4) is 5.75 Å². The van der Waals surface area contributed by atoms with E-state index in [1.165, 1.54) is 32.4 Å². The molecule has 0 aromatic heterocycles. The Labute approximate surface area is 163 Å². The lowest BCUT2D eigenvalue weighted by molar-refractivity contribution is 0.214. The van der Waals surface area contributed by atoms with Crippen LogP contribution >= 0.6 is 0 Å². The van der Waals surface area contributed by atoms with Crippen LogP contribution in [-0.4, -0.2) is 80.3 Å². The normalized spacial score (nSPS) is 20.1. The molecule has 2 heterocycles. The highest BCUT2D eigenvalue weighted by Crippen LogP contribution is 2.27. The van der Waals surface area contributed by atoms with Gasteiger partial charge in [-0.1, -0.05) is 12.1 Å². The van der Waals surface area contributed by atoms with Crippen molar-refractivity contribution in [2.24, 2.45) is 10.9 Å². The van der Waals surface area contributed by atoms with E-state index in [-0.39, 0.29) is 0 Å². The summed E-state index contributed by atoms with van der Waals surface area (Å²) in [6.45, 7) is 10.0. The molecule has 0 bridgehead atoms. The van der Waals surface area contributed by atoms with Crippen LogP contribution in [0.2, 0.25) is 0 Å². The van der Waals surface area contributed by atoms with Crippen molar-refractivity contribution >= 4 is 11.6 Å². The van der Waals surface area contributed by atoms with Crippen molar-refractivity contribution in [3.05, 3.63) is 24.3 Å². The minimum atomic E-state index is 0.365. The first-order valence-electron chi connectivity index (χ1n) is 10.4. The number of phenols is 1. The fraction of sp³-hybridized carbons (Fsp3) is 0.667. The third kappa shape index (κ3) is 5.51. The topological polar surface area (TPSA) is 54.3 Å². The maximum Gasteiger partial charge on any atom is 0.194 e. The second kappa shape index (κ2) is 9.83. The van der Waals surface area contributed by atoms with E-state index in [1.54, 1.807) is 6.07 Å². The van der Waals surface area contributed by atoms with Crippen LogP contribution in [0.25, 0.3) is 0 Å². The molecule has 27 heavy (non-hydrogen) atoms. The molecule has 1 aromatic rings. The zero-order valence-electron chi connectivity index (χ0n) is 16.9. The molecule has 0 atom stereocenters. The van der Waals surface area contributed by atoms with Crippen molar-refractivity contribution in [2.75, 3.05) is 64.3 Å². The average Bonchev–Trinajstić information content (AvgIpc) is 2.69. The lowest BCUT2D eigenvalue weighted by Crippen LogP contribution is -2.52. The first-order valence-corrected chi connectivity index (χ1v) is 10.4. The third-order valence-corrected chi connectivity index (χ3v) is 5.77. The molecule has 0 saturated carbocycles. The van der Waals surface area contributed by atoms with Gasteiger partial charge in [-0.15, -0.1) is 0 Å². The molecule has 2 fully saturated rings. The summed E-state index contributed by atoms with van der Waals surface area (Å²) in [5.41, 5.74) is 0.932. The van der Waals surface area contributed by atoms with Crippen molar-refractivity contribution in [1.29, 1.82) is 0 Å². The Bertz CT molecular complexity index is 604. The lowest BCUT2D eigenvalue weighted by Gasteiger charge is -2.38. The number of aromatic hydroxyl groups is 1. The quantitative estimate of drug-likeness (QED) is 0.612. The predicted molar refractivity (Wildman–Crippen MR) is 113 cm³/mol. The van der Waals surface area contributed by atoms with Gasteiger partial charge in [-0.25, -0.2) is 0 Å². The van der Waals surface area contributed by atoms with E-state index in [0.29, 0.717) is 5.75 Å². The molecule has 0 spiro atoms. The summed E-state index contributed by atoms with van der Waals surface area (Å²) < 4.78 is 0. The molecule has 6 heteroatoms. The van der Waals surface area contributed by atoms with Gasteiger partial charge in [0.2, 0.25) is 0 Å². The maximum absolute atomic E-state index is 10.1. The van der Waals surface area contributed by atoms with Crippen molar-refractivity contribution in [1.82, 2.24) is 15.1 Å². The molecule has 0 aliphatic carbocycles. The number of likely N-dealkylation sites (tertiary alicyclic amines) is 1. The first-order chi connectivity index (χ1) is 13.2. The lowest BCUT2D eigenvalue weighted by atomic mass is 9.94. The molecule has 1 aromatic carbocycles. The Morgan fingerprint density at radius 2 is 1.81 bits per heavy atom. The molecule has 150 valence electrons. The summed E-state index contributed by atoms with van der Waals surface area (Å²) in [4.78, 5) is 12.0. The second-order valence-corrected chi connectivity index (χ2v) is 7.73. The summed E-state index contributed by atoms with van der Waals surface area (Å²) in [5.74, 6) is 2.23. The molecule has 6 nitrogen and oxygen atoms in total. The Morgan fingerprint density at radius 1 is 1.11 bits per heavy atom. The average molecular weight is 374 g/mol. The van der Waals surface area contributed by atoms with E-state index >= 15 is 0 Å². The number of para-hydroxylation sites is 2. The van der Waals surface area contributed by atoms with Gasteiger partial charge in [0.05, 0.1) is 5.69 Å². The van der Waals surface area contributed by atoms with E-state index < -0.39 is 0 Å². The SMILES string of the molecule is CCNC(=NCCC1CCN(C)CC1)N1CCN(c2ccccc2O)CC1. The van der Waals surface area contributed by atoms with Gasteiger partial charge in [0.1, 0.15) is 5.75 Å². The number of hydrogen-bond donors (Lipinski definition) is 2. The van der Waals surface area contributed by atoms with Gasteiger partial charge in [0, 0.05) is 39.3 Å². The van der Waals surface area contributed by atoms with Crippen LogP contribution < -0.4 is 10.2 Å². The summed E-state index contributed by atoms with van der Waals surface area (Å²) in [5, 5.41) is 13.5. The number of nitrogens with one attached hydrogen (secondary N) is 1. The number of piperazine rings is 1. The predicted octanol–water partition coefficient (Wildman–Crippen LogP) is 2.21. The van der Waals surface area contributed by atoms with Crippen LogP contribution in [0, 0.1) is 5.92 Å². The van der Waals surface area contributed by atoms with Crippen LogP contribution in [-0.2, 0) is 0 Å². The van der Waals surface area contributed by atoms with E-state index in [0.717, 1.165) is 56.8 Å². The number of anilines is 1. The number of benzene rings is 1. The minimum Gasteiger partial charge on any atom is -0.506 e. The zero-order chi connectivity index (χ0) is 19.1. The van der Waals surface area contributed by atoms with Gasteiger partial charge in [-0.3, -0.25) is 4.99 Å². The highest BCUT2D eigenvalue weighted by Gasteiger charge is 2.21. The number of piperidine rings is 1. The molecule has 3 rings (SSSR count). The first kappa shape index (κ1) is 19.8. The van der Waals surface area contributed by atoms with Crippen molar-refractivity contribution < 1.29 is 5.11 Å². The molecule has 0 amide bonds. The van der Waals surface area contributed by atoms with Crippen LogP contribution in [0.15, 0.2) is 29.3 Å². The third-order valence-electron chi connectivity index (χ3n) is 5.77. The molecular formula is C21H35N5O. The van der Waals surface area contributed by atoms with Gasteiger partial charge < -0.3 is 25.1 Å². The van der Waals surface area contributed by atoms with Gasteiger partial charge in [0.25, 0.3) is 0 Å². The van der Waals surface area contributed by atoms with Gasteiger partial charge in [0.15, 0.2) is 5.96 Å². The van der Waals surface area contributed by atoms with Crippen LogP contribution in [0.1, 0.15) is 26.2 Å². The number of guanidine groups is 1. The van der Waals surface area contributed by atoms with E-state index in [2.05, 4.69) is 34.0 Å². The van der Waals surface area contributed by atoms with E-state index in [4.69, 9.17) is 4.99 Å². The Hall–Kier alpha value is -1.95. The number of hydrogen-bond acceptors (Lipinski definition) is 4. The highest BCUT2D eigenvalue weighted by atomic mass is 16.3. The van der Waals surface area contributed by atoms with Crippen molar-refractivity contribution in [2.45, 2.75) is 26.2 Å². The van der Waals surface area contributed by atoms with Crippen LogP contribution in [0.4, 0.5) is 5.69 Å². The summed E-state index contributed by atoms with van der Waals surface area (Å²) >= 11 is 0. The van der Waals surface area contributed by atoms with E-state index in [1.807, 2.05) is 18.2 Å². The number of phenolic OH excluding ortho intramolecular Hbond substituents is 1. The molecule has 2 aliphatic heterocycles. The standard InChI is InChI=1S/C21H35N5O/c1-3-22-21(23-11-8-18-9-12-24(2)13-10-18)26-16-14-25(15-17-26)19-6-4-5-7-20(19)27/h4-7,18,27H,3,8-17H2,1-2H3,(H,22,23). The summed E-state index contributed by atoms with van der Waals surface area (Å²) in [6, 6.07) is 7.60. The van der Waals surface area contributed by atoms with E-state index in [9.17, 15) is 5.11 Å². The monoisotopic (exact) mass is 373 g/mol. The molecule has 0 unspecified atom stereocenters. The van der Waals surface area contributed by atoms with Crippen molar-refractivity contribution in [3.63, 3.8) is 0 Å². The Kier molecular flexibility index (Phi) is 7.21. The van der Waals surface area contributed by atoms with Crippen LogP contribution in [0.3, 0.4) is 0 Å². The second-order valence-electron chi connectivity index (χ2n) is 7.73. The minimum absolute atomic E-state index is 0.365. The number of aliphatic imine (C=N–C) groups is 1. The Balaban J connectivity index is 1.51. The smallest absolute Gasteiger partial charge is 0.194 e. The Morgan fingerprint density at radius 3 is 2.48 bits per heavy atom. The van der Waals surface area contributed by atoms with Gasteiger partial charge in [-0.05, 0) is 64.4 Å². The molecular weight excluding hydrogens is 338 g/mol. The summed E-state index contributed by atoms with van der Waals surface area (Å²) in [7, 11) is 2.21. The zero-order valence-corrected chi connectivity index (χ0v) is 16.9. The highest BCUT2D eigenvalue weighted by molar-refractivity contribution is 5.80. The largest absolute Gasteiger partial charge is 0.506 e. The maximum atomic E-state index is 10.1. The molecule has 2 saturated heterocycles. The fourth-order valence-electron chi connectivity index (χ4n) is 4.02. The van der Waals surface area contributed by atoms with Crippen LogP contribution in [0.5, 0.6) is 5.75 Å². The molecule has 0 radical (unpaired) electrons. The molecule has 2 aliphatic rings. The fourth-order valence-corrected chi connectivity index (χ4v) is 4.02. The number of rotatable bonds is 5. The summed E-state index contributed by atoms with van der Waals surface area (Å²) in [6.07, 6.45) is 3.81. The number of nitrogens with zero attached hydrogens (tertiary/aromatic N) is 4. The molecule has 2 N–H and O–H groups in total. The van der Waals surface area contributed by atoms with Gasteiger partial charge >= 0.3 is 0 Å². The van der Waals surface area contributed by atoms with Gasteiger partial charge in [-0.2, -0.15) is 0 Å².